The Balaban J connectivity index is 1.23. The first-order valence-corrected chi connectivity index (χ1v) is 12.6. The van der Waals surface area contributed by atoms with Gasteiger partial charge in [0, 0.05) is 24.0 Å². The zero-order chi connectivity index (χ0) is 24.0. The first kappa shape index (κ1) is 22.3. The second-order valence-electron chi connectivity index (χ2n) is 9.25. The summed E-state index contributed by atoms with van der Waals surface area (Å²) in [5.74, 6) is 1.25. The molecule has 0 unspecified atom stereocenters. The van der Waals surface area contributed by atoms with Crippen LogP contribution in [0.1, 0.15) is 12.0 Å². The summed E-state index contributed by atoms with van der Waals surface area (Å²) < 4.78 is 19.2. The van der Waals surface area contributed by atoms with Crippen molar-refractivity contribution in [2.75, 3.05) is 40.0 Å². The third-order valence-corrected chi connectivity index (χ3v) is 8.24. The minimum atomic E-state index is -0.0973. The van der Waals surface area contributed by atoms with Crippen molar-refractivity contribution >= 4 is 21.6 Å². The zero-order valence-corrected chi connectivity index (χ0v) is 20.6. The first-order chi connectivity index (χ1) is 17.1. The summed E-state index contributed by atoms with van der Waals surface area (Å²) in [4.78, 5) is 21.4. The molecule has 8 heteroatoms. The molecule has 0 saturated carbocycles. The van der Waals surface area contributed by atoms with Crippen molar-refractivity contribution in [2.24, 2.45) is 0 Å². The van der Waals surface area contributed by atoms with Crippen molar-refractivity contribution in [3.05, 3.63) is 70.8 Å². The molecule has 35 heavy (non-hydrogen) atoms. The van der Waals surface area contributed by atoms with E-state index in [0.717, 1.165) is 36.7 Å². The number of fused-ring (bicyclic) bond motifs is 1. The summed E-state index contributed by atoms with van der Waals surface area (Å²) in [6.45, 7) is 6.24. The zero-order valence-electron chi connectivity index (χ0n) is 19.8. The van der Waals surface area contributed by atoms with Crippen LogP contribution in [0.5, 0.6) is 11.5 Å². The van der Waals surface area contributed by atoms with E-state index in [1.54, 1.807) is 18.0 Å². The Morgan fingerprint density at radius 2 is 1.94 bits per heavy atom. The highest BCUT2D eigenvalue weighted by molar-refractivity contribution is 7.22. The number of likely N-dealkylation sites (tertiary alicyclic amines) is 1. The van der Waals surface area contributed by atoms with E-state index in [0.29, 0.717) is 34.0 Å². The van der Waals surface area contributed by atoms with Crippen LogP contribution in [0, 0.1) is 6.92 Å². The fourth-order valence-corrected chi connectivity index (χ4v) is 5.79. The molecule has 0 amide bonds. The lowest BCUT2D eigenvalue weighted by atomic mass is 9.83. The van der Waals surface area contributed by atoms with Gasteiger partial charge in [0.15, 0.2) is 11.5 Å². The maximum atomic E-state index is 13.3. The molecule has 0 aliphatic carbocycles. The predicted octanol–water partition coefficient (Wildman–Crippen LogP) is 4.28. The molecule has 0 bridgehead atoms. The maximum Gasteiger partial charge on any atom is 0.275 e. The van der Waals surface area contributed by atoms with E-state index in [9.17, 15) is 4.79 Å². The summed E-state index contributed by atoms with van der Waals surface area (Å²) in [7, 11) is 1.61. The number of thiophene rings is 1. The van der Waals surface area contributed by atoms with Crippen LogP contribution in [0.3, 0.4) is 0 Å². The summed E-state index contributed by atoms with van der Waals surface area (Å²) in [5.41, 5.74) is 3.84. The Bertz CT molecular complexity index is 1430. The third kappa shape index (κ3) is 3.91. The molecule has 1 spiro atoms. The van der Waals surface area contributed by atoms with Crippen LogP contribution in [-0.4, -0.2) is 60.0 Å². The highest BCUT2D eigenvalue weighted by Gasteiger charge is 2.50. The smallest absolute Gasteiger partial charge is 0.275 e. The van der Waals surface area contributed by atoms with Crippen LogP contribution in [0.4, 0.5) is 0 Å². The van der Waals surface area contributed by atoms with E-state index in [1.807, 2.05) is 24.3 Å². The molecule has 4 aromatic rings. The average Bonchev–Trinajstić information content (AvgIpc) is 3.26. The van der Waals surface area contributed by atoms with Crippen LogP contribution in [-0.2, 0) is 4.74 Å². The molecule has 2 aliphatic heterocycles. The van der Waals surface area contributed by atoms with E-state index >= 15 is 0 Å². The first-order valence-electron chi connectivity index (χ1n) is 11.8. The Morgan fingerprint density at radius 3 is 2.63 bits per heavy atom. The fourth-order valence-electron chi connectivity index (χ4n) is 4.75. The van der Waals surface area contributed by atoms with Gasteiger partial charge in [-0.15, -0.1) is 11.3 Å². The van der Waals surface area contributed by atoms with Crippen molar-refractivity contribution in [3.8, 4) is 27.6 Å². The number of methoxy groups -OCH3 is 1. The maximum absolute atomic E-state index is 13.3. The molecule has 6 rings (SSSR count). The highest BCUT2D eigenvalue weighted by Crippen LogP contribution is 2.37. The van der Waals surface area contributed by atoms with Crippen LogP contribution < -0.4 is 15.0 Å². The van der Waals surface area contributed by atoms with Gasteiger partial charge < -0.3 is 14.2 Å². The monoisotopic (exact) mass is 489 g/mol. The third-order valence-electron chi connectivity index (χ3n) is 7.08. The second-order valence-corrected chi connectivity index (χ2v) is 10.3. The number of hydrogen-bond acceptors (Lipinski definition) is 7. The summed E-state index contributed by atoms with van der Waals surface area (Å²) >= 11 is 1.47. The molecule has 2 aromatic heterocycles. The highest BCUT2D eigenvalue weighted by atomic mass is 32.1. The lowest BCUT2D eigenvalue weighted by molar-refractivity contribution is -0.193. The predicted molar refractivity (Wildman–Crippen MR) is 137 cm³/mol. The molecule has 0 N–H and O–H groups in total. The van der Waals surface area contributed by atoms with Crippen molar-refractivity contribution in [1.82, 2.24) is 14.5 Å². The second kappa shape index (κ2) is 8.78. The number of aromatic nitrogens is 2. The van der Waals surface area contributed by atoms with Gasteiger partial charge in [0.05, 0.1) is 37.1 Å². The quantitative estimate of drug-likeness (QED) is 0.386. The summed E-state index contributed by atoms with van der Waals surface area (Å²) in [5, 5.41) is 0. The van der Waals surface area contributed by atoms with Crippen molar-refractivity contribution in [1.29, 1.82) is 0 Å². The molecule has 180 valence electrons. The SMILES string of the molecule is COc1cc(-n2cnc3cc(-c4ccc(C)cc4)sc3c2=O)ccc1OCCN1CCC12COC2. The number of aryl methyl sites for hydroxylation is 1. The summed E-state index contributed by atoms with van der Waals surface area (Å²) in [6, 6.07) is 15.8. The van der Waals surface area contributed by atoms with E-state index < -0.39 is 0 Å². The molecule has 7 nitrogen and oxygen atoms in total. The Kier molecular flexibility index (Phi) is 5.59. The summed E-state index contributed by atoms with van der Waals surface area (Å²) in [6.07, 6.45) is 2.78. The standard InChI is InChI=1S/C27H27N3O4S/c1-18-3-5-19(6-4-18)24-14-21-25(35-24)26(31)30(17-28-21)20-7-8-22(23(13-20)32-2)34-12-11-29-10-9-27(29)15-33-16-27/h3-8,13-14,17H,9-12,15-16H2,1-2H3. The van der Waals surface area contributed by atoms with Gasteiger partial charge >= 0.3 is 0 Å². The van der Waals surface area contributed by atoms with E-state index in [4.69, 9.17) is 14.2 Å². The Hall–Kier alpha value is -3.20. The van der Waals surface area contributed by atoms with Gasteiger partial charge in [-0.3, -0.25) is 14.3 Å². The lowest BCUT2D eigenvalue weighted by Gasteiger charge is -2.57. The van der Waals surface area contributed by atoms with Gasteiger partial charge in [-0.1, -0.05) is 29.8 Å². The van der Waals surface area contributed by atoms with Crippen molar-refractivity contribution < 1.29 is 14.2 Å². The number of rotatable bonds is 7. The Labute approximate surface area is 207 Å². The molecule has 2 aliphatic rings. The average molecular weight is 490 g/mol. The van der Waals surface area contributed by atoms with Crippen LogP contribution >= 0.6 is 11.3 Å². The van der Waals surface area contributed by atoms with E-state index in [1.165, 1.54) is 23.3 Å². The number of ether oxygens (including phenoxy) is 3. The molecule has 2 aromatic carbocycles. The van der Waals surface area contributed by atoms with E-state index in [-0.39, 0.29) is 11.1 Å². The fraction of sp³-hybridized carbons (Fsp3) is 0.333. The number of benzene rings is 2. The molecule has 2 fully saturated rings. The number of nitrogens with zero attached hydrogens (tertiary/aromatic N) is 3. The molecule has 0 radical (unpaired) electrons. The van der Waals surface area contributed by atoms with Crippen LogP contribution in [0.25, 0.3) is 26.3 Å². The lowest BCUT2D eigenvalue weighted by Crippen LogP contribution is -2.71. The Morgan fingerprint density at radius 1 is 1.11 bits per heavy atom. The molecular formula is C27H27N3O4S. The molecule has 4 heterocycles. The van der Waals surface area contributed by atoms with Gasteiger partial charge in [0.1, 0.15) is 17.6 Å². The van der Waals surface area contributed by atoms with Gasteiger partial charge in [0.2, 0.25) is 0 Å². The van der Waals surface area contributed by atoms with Gasteiger partial charge in [-0.25, -0.2) is 4.98 Å². The van der Waals surface area contributed by atoms with Crippen molar-refractivity contribution in [3.63, 3.8) is 0 Å². The molecule has 0 atom stereocenters. The van der Waals surface area contributed by atoms with Crippen LogP contribution in [0.2, 0.25) is 0 Å². The number of hydrogen-bond donors (Lipinski definition) is 0. The van der Waals surface area contributed by atoms with Gasteiger partial charge in [0.25, 0.3) is 5.56 Å². The van der Waals surface area contributed by atoms with Gasteiger partial charge in [-0.2, -0.15) is 0 Å². The van der Waals surface area contributed by atoms with Gasteiger partial charge in [-0.05, 0) is 37.1 Å². The topological polar surface area (TPSA) is 65.8 Å². The molecule has 2 saturated heterocycles. The van der Waals surface area contributed by atoms with E-state index in [2.05, 4.69) is 41.1 Å². The normalized spacial score (nSPS) is 16.7. The largest absolute Gasteiger partial charge is 0.493 e. The van der Waals surface area contributed by atoms with Crippen molar-refractivity contribution in [2.45, 2.75) is 18.9 Å². The minimum Gasteiger partial charge on any atom is -0.493 e. The minimum absolute atomic E-state index is 0.0973. The van der Waals surface area contributed by atoms with Crippen LogP contribution in [0.15, 0.2) is 59.7 Å². The molecular weight excluding hydrogens is 462 g/mol.